The molecule has 2 atom stereocenters. The number of anilines is 1. The van der Waals surface area contributed by atoms with Crippen molar-refractivity contribution in [1.29, 1.82) is 0 Å². The lowest BCUT2D eigenvalue weighted by molar-refractivity contribution is 0.220. The minimum absolute atomic E-state index is 0.355. The van der Waals surface area contributed by atoms with Crippen molar-refractivity contribution in [2.75, 3.05) is 45.2 Å². The normalized spacial score (nSPS) is 26.5. The maximum Gasteiger partial charge on any atom is 0.281 e. The van der Waals surface area contributed by atoms with E-state index in [-0.39, 0.29) is 0 Å². The first kappa shape index (κ1) is 15.6. The number of nitrogens with zero attached hydrogens (tertiary/aromatic N) is 5. The first-order valence-electron chi connectivity index (χ1n) is 7.59. The summed E-state index contributed by atoms with van der Waals surface area (Å²) in [5, 5.41) is 0. The van der Waals surface area contributed by atoms with Crippen molar-refractivity contribution >= 4 is 16.2 Å². The smallest absolute Gasteiger partial charge is 0.281 e. The molecule has 2 aliphatic heterocycles. The third-order valence-electron chi connectivity index (χ3n) is 4.60. The first-order chi connectivity index (χ1) is 10.4. The van der Waals surface area contributed by atoms with E-state index in [4.69, 9.17) is 0 Å². The maximum absolute atomic E-state index is 12.3. The Labute approximate surface area is 132 Å². The van der Waals surface area contributed by atoms with Crippen LogP contribution in [0.2, 0.25) is 0 Å². The predicted octanol–water partition coefficient (Wildman–Crippen LogP) is 0.350. The number of hydrogen-bond donors (Lipinski definition) is 0. The van der Waals surface area contributed by atoms with Crippen LogP contribution in [-0.2, 0) is 10.2 Å². The molecule has 0 unspecified atom stereocenters. The molecule has 0 aliphatic carbocycles. The number of aryl methyl sites for hydroxylation is 1. The van der Waals surface area contributed by atoms with E-state index in [9.17, 15) is 8.42 Å². The number of aromatic nitrogens is 2. The van der Waals surface area contributed by atoms with Crippen LogP contribution in [0.4, 0.5) is 5.95 Å². The van der Waals surface area contributed by atoms with Crippen LogP contribution in [0.15, 0.2) is 12.4 Å². The standard InChI is InChI=1S/C14H23N5O2S/c1-11-6-15-14(16-7-11)18-8-12-4-5-19(10-13(12)9-18)22(20,21)17(2)3/h6-7,12-13H,4-5,8-10H2,1-3H3/t12-,13-/m0/s1. The van der Waals surface area contributed by atoms with Crippen LogP contribution >= 0.6 is 0 Å². The maximum atomic E-state index is 12.3. The van der Waals surface area contributed by atoms with Gasteiger partial charge in [-0.25, -0.2) is 9.97 Å². The van der Waals surface area contributed by atoms with E-state index in [1.54, 1.807) is 18.4 Å². The molecule has 2 saturated heterocycles. The number of hydrogen-bond acceptors (Lipinski definition) is 5. The largest absolute Gasteiger partial charge is 0.340 e. The van der Waals surface area contributed by atoms with E-state index < -0.39 is 10.2 Å². The zero-order valence-electron chi connectivity index (χ0n) is 13.3. The van der Waals surface area contributed by atoms with E-state index >= 15 is 0 Å². The van der Waals surface area contributed by atoms with Gasteiger partial charge in [-0.2, -0.15) is 17.0 Å². The van der Waals surface area contributed by atoms with E-state index in [1.165, 1.54) is 4.31 Å². The van der Waals surface area contributed by atoms with Crippen molar-refractivity contribution in [1.82, 2.24) is 18.6 Å². The Kier molecular flexibility index (Phi) is 4.09. The van der Waals surface area contributed by atoms with Crippen molar-refractivity contribution in [3.8, 4) is 0 Å². The van der Waals surface area contributed by atoms with E-state index in [0.29, 0.717) is 24.9 Å². The van der Waals surface area contributed by atoms with E-state index in [0.717, 1.165) is 31.0 Å². The number of piperidine rings is 1. The third-order valence-corrected chi connectivity index (χ3v) is 6.51. The van der Waals surface area contributed by atoms with Crippen molar-refractivity contribution in [3.63, 3.8) is 0 Å². The molecule has 2 aliphatic rings. The fraction of sp³-hybridized carbons (Fsp3) is 0.714. The minimum Gasteiger partial charge on any atom is -0.340 e. The van der Waals surface area contributed by atoms with Crippen LogP contribution in [0, 0.1) is 18.8 Å². The molecule has 8 heteroatoms. The highest BCUT2D eigenvalue weighted by Gasteiger charge is 2.41. The molecule has 1 aromatic rings. The van der Waals surface area contributed by atoms with Gasteiger partial charge in [-0.1, -0.05) is 0 Å². The molecule has 0 saturated carbocycles. The fourth-order valence-corrected chi connectivity index (χ4v) is 4.47. The molecule has 0 aromatic carbocycles. The lowest BCUT2D eigenvalue weighted by atomic mass is 9.90. The van der Waals surface area contributed by atoms with Crippen molar-refractivity contribution < 1.29 is 8.42 Å². The van der Waals surface area contributed by atoms with Gasteiger partial charge in [-0.3, -0.25) is 0 Å². The Hall–Kier alpha value is -1.25. The zero-order valence-corrected chi connectivity index (χ0v) is 14.1. The van der Waals surface area contributed by atoms with Gasteiger partial charge in [-0.15, -0.1) is 0 Å². The molecule has 122 valence electrons. The summed E-state index contributed by atoms with van der Waals surface area (Å²) >= 11 is 0. The molecule has 3 rings (SSSR count). The van der Waals surface area contributed by atoms with Crippen LogP contribution < -0.4 is 4.90 Å². The highest BCUT2D eigenvalue weighted by atomic mass is 32.2. The minimum atomic E-state index is -3.31. The molecule has 3 heterocycles. The Morgan fingerprint density at radius 3 is 2.41 bits per heavy atom. The Morgan fingerprint density at radius 1 is 1.14 bits per heavy atom. The van der Waals surface area contributed by atoms with Crippen molar-refractivity contribution in [3.05, 3.63) is 18.0 Å². The Balaban J connectivity index is 1.71. The van der Waals surface area contributed by atoms with E-state index in [2.05, 4.69) is 14.9 Å². The van der Waals surface area contributed by atoms with Crippen LogP contribution in [0.1, 0.15) is 12.0 Å². The lowest BCUT2D eigenvalue weighted by Gasteiger charge is -2.34. The van der Waals surface area contributed by atoms with Gasteiger partial charge in [0, 0.05) is 52.7 Å². The van der Waals surface area contributed by atoms with Gasteiger partial charge in [0.2, 0.25) is 5.95 Å². The monoisotopic (exact) mass is 325 g/mol. The van der Waals surface area contributed by atoms with Crippen LogP contribution in [0.5, 0.6) is 0 Å². The second kappa shape index (κ2) is 5.75. The highest BCUT2D eigenvalue weighted by Crippen LogP contribution is 2.33. The highest BCUT2D eigenvalue weighted by molar-refractivity contribution is 7.86. The fourth-order valence-electron chi connectivity index (χ4n) is 3.29. The molecule has 22 heavy (non-hydrogen) atoms. The molecular weight excluding hydrogens is 302 g/mol. The summed E-state index contributed by atoms with van der Waals surface area (Å²) in [7, 11) is -0.138. The SMILES string of the molecule is Cc1cnc(N2C[C@@H]3CCN(S(=O)(=O)N(C)C)C[C@@H]3C2)nc1. The summed E-state index contributed by atoms with van der Waals surface area (Å²) in [6, 6.07) is 0. The van der Waals surface area contributed by atoms with Gasteiger partial charge in [0.25, 0.3) is 10.2 Å². The van der Waals surface area contributed by atoms with Gasteiger partial charge in [0.15, 0.2) is 0 Å². The molecule has 1 aromatic heterocycles. The quantitative estimate of drug-likeness (QED) is 0.802. The molecular formula is C14H23N5O2S. The first-order valence-corrected chi connectivity index (χ1v) is 8.99. The average Bonchev–Trinajstić information content (AvgIpc) is 2.90. The second-order valence-electron chi connectivity index (χ2n) is 6.42. The van der Waals surface area contributed by atoms with Gasteiger partial charge in [0.05, 0.1) is 0 Å². The molecule has 0 bridgehead atoms. The molecule has 0 amide bonds. The number of rotatable bonds is 3. The van der Waals surface area contributed by atoms with Crippen LogP contribution in [-0.4, -0.2) is 67.3 Å². The van der Waals surface area contributed by atoms with Crippen LogP contribution in [0.3, 0.4) is 0 Å². The zero-order chi connectivity index (χ0) is 15.9. The Bertz CT molecular complexity index is 631. The lowest BCUT2D eigenvalue weighted by Crippen LogP contribution is -2.47. The van der Waals surface area contributed by atoms with Crippen molar-refractivity contribution in [2.24, 2.45) is 11.8 Å². The van der Waals surface area contributed by atoms with Gasteiger partial charge < -0.3 is 4.90 Å². The summed E-state index contributed by atoms with van der Waals surface area (Å²) < 4.78 is 27.5. The number of fused-ring (bicyclic) bond motifs is 1. The van der Waals surface area contributed by atoms with Crippen LogP contribution in [0.25, 0.3) is 0 Å². The van der Waals surface area contributed by atoms with Gasteiger partial charge in [-0.05, 0) is 30.7 Å². The predicted molar refractivity (Wildman–Crippen MR) is 84.8 cm³/mol. The molecule has 0 radical (unpaired) electrons. The average molecular weight is 325 g/mol. The van der Waals surface area contributed by atoms with Gasteiger partial charge >= 0.3 is 0 Å². The molecule has 0 N–H and O–H groups in total. The molecule has 2 fully saturated rings. The summed E-state index contributed by atoms with van der Waals surface area (Å²) in [6.07, 6.45) is 4.56. The summed E-state index contributed by atoms with van der Waals surface area (Å²) in [5.74, 6) is 1.63. The summed E-state index contributed by atoms with van der Waals surface area (Å²) in [6.45, 7) is 4.91. The Morgan fingerprint density at radius 2 is 1.77 bits per heavy atom. The van der Waals surface area contributed by atoms with E-state index in [1.807, 2.05) is 19.3 Å². The molecule has 0 spiro atoms. The van der Waals surface area contributed by atoms with Gasteiger partial charge in [0.1, 0.15) is 0 Å². The summed E-state index contributed by atoms with van der Waals surface area (Å²) in [5.41, 5.74) is 1.05. The van der Waals surface area contributed by atoms with Crippen molar-refractivity contribution in [2.45, 2.75) is 13.3 Å². The second-order valence-corrected chi connectivity index (χ2v) is 8.56. The third kappa shape index (κ3) is 2.82. The summed E-state index contributed by atoms with van der Waals surface area (Å²) in [4.78, 5) is 11.0. The topological polar surface area (TPSA) is 69.6 Å². The molecule has 7 nitrogen and oxygen atoms in total.